The van der Waals surface area contributed by atoms with Crippen molar-refractivity contribution in [2.75, 3.05) is 13.1 Å². The second-order valence-corrected chi connectivity index (χ2v) is 7.47. The molecule has 0 aliphatic carbocycles. The van der Waals surface area contributed by atoms with Crippen LogP contribution in [-0.2, 0) is 22.6 Å². The van der Waals surface area contributed by atoms with Crippen LogP contribution in [0, 0.1) is 0 Å². The molecular weight excluding hydrogens is 316 g/mol. The van der Waals surface area contributed by atoms with E-state index in [4.69, 9.17) is 9.47 Å². The lowest BCUT2D eigenvalue weighted by molar-refractivity contribution is -0.0881. The van der Waals surface area contributed by atoms with Crippen molar-refractivity contribution < 1.29 is 9.47 Å². The van der Waals surface area contributed by atoms with Crippen LogP contribution in [0.5, 0.6) is 0 Å². The van der Waals surface area contributed by atoms with Gasteiger partial charge >= 0.3 is 0 Å². The molecule has 3 aliphatic heterocycles. The standard InChI is InChI=1S/C19H24N4O2/c1-13-9-22(10-14-5-3-2-4-6-14)12-17(24-13)19-21-20-18-16-8-7-15(25-16)11-23(18)19/h2-6,13,15-17H,7-12H2,1H3/t13-,15-,16+,17-/m1/s1. The third-order valence-electron chi connectivity index (χ3n) is 5.46. The first-order valence-corrected chi connectivity index (χ1v) is 9.26. The Morgan fingerprint density at radius 2 is 1.76 bits per heavy atom. The molecule has 6 nitrogen and oxygen atoms in total. The van der Waals surface area contributed by atoms with Crippen molar-refractivity contribution in [2.45, 2.75) is 57.3 Å². The molecule has 0 unspecified atom stereocenters. The number of morpholine rings is 1. The van der Waals surface area contributed by atoms with E-state index in [-0.39, 0.29) is 18.3 Å². The van der Waals surface area contributed by atoms with E-state index in [1.807, 2.05) is 0 Å². The Morgan fingerprint density at radius 3 is 2.60 bits per heavy atom. The van der Waals surface area contributed by atoms with Gasteiger partial charge in [-0.1, -0.05) is 30.3 Å². The van der Waals surface area contributed by atoms with E-state index in [9.17, 15) is 0 Å². The number of ether oxygens (including phenoxy) is 2. The Hall–Kier alpha value is -1.76. The Kier molecular flexibility index (Phi) is 3.84. The molecule has 5 rings (SSSR count). The lowest BCUT2D eigenvalue weighted by Gasteiger charge is -2.37. The summed E-state index contributed by atoms with van der Waals surface area (Å²) in [6, 6.07) is 10.6. The van der Waals surface area contributed by atoms with Crippen LogP contribution in [0.25, 0.3) is 0 Å². The van der Waals surface area contributed by atoms with Crippen molar-refractivity contribution >= 4 is 0 Å². The predicted octanol–water partition coefficient (Wildman–Crippen LogP) is 2.47. The van der Waals surface area contributed by atoms with Gasteiger partial charge in [-0.25, -0.2) is 0 Å². The number of nitrogens with zero attached hydrogens (tertiary/aromatic N) is 4. The van der Waals surface area contributed by atoms with E-state index in [0.717, 1.165) is 50.7 Å². The highest BCUT2D eigenvalue weighted by Crippen LogP contribution is 2.39. The molecule has 132 valence electrons. The van der Waals surface area contributed by atoms with Gasteiger partial charge in [-0.2, -0.15) is 0 Å². The molecule has 1 aromatic heterocycles. The van der Waals surface area contributed by atoms with Crippen molar-refractivity contribution in [2.24, 2.45) is 0 Å². The van der Waals surface area contributed by atoms with E-state index in [2.05, 4.69) is 56.9 Å². The number of hydrogen-bond donors (Lipinski definition) is 0. The van der Waals surface area contributed by atoms with Crippen LogP contribution in [0.3, 0.4) is 0 Å². The van der Waals surface area contributed by atoms with Crippen molar-refractivity contribution in [3.63, 3.8) is 0 Å². The minimum Gasteiger partial charge on any atom is -0.365 e. The summed E-state index contributed by atoms with van der Waals surface area (Å²) in [4.78, 5) is 2.46. The van der Waals surface area contributed by atoms with E-state index < -0.39 is 0 Å². The van der Waals surface area contributed by atoms with Gasteiger partial charge in [-0.05, 0) is 25.3 Å². The molecule has 2 aromatic rings. The van der Waals surface area contributed by atoms with Crippen LogP contribution in [0.4, 0.5) is 0 Å². The summed E-state index contributed by atoms with van der Waals surface area (Å²) < 4.78 is 14.5. The van der Waals surface area contributed by atoms with Crippen LogP contribution in [0.2, 0.25) is 0 Å². The highest BCUT2D eigenvalue weighted by atomic mass is 16.5. The first-order valence-electron chi connectivity index (χ1n) is 9.26. The average molecular weight is 340 g/mol. The molecule has 4 atom stereocenters. The van der Waals surface area contributed by atoms with E-state index in [1.54, 1.807) is 0 Å². The number of benzene rings is 1. The summed E-state index contributed by atoms with van der Waals surface area (Å²) >= 11 is 0. The van der Waals surface area contributed by atoms with Crippen LogP contribution >= 0.6 is 0 Å². The molecule has 2 bridgehead atoms. The second-order valence-electron chi connectivity index (χ2n) is 7.47. The molecule has 6 heteroatoms. The van der Waals surface area contributed by atoms with Gasteiger partial charge < -0.3 is 14.0 Å². The van der Waals surface area contributed by atoms with Crippen molar-refractivity contribution in [3.8, 4) is 0 Å². The molecule has 0 N–H and O–H groups in total. The molecule has 3 aliphatic rings. The zero-order valence-corrected chi connectivity index (χ0v) is 14.5. The summed E-state index contributed by atoms with van der Waals surface area (Å²) in [5, 5.41) is 8.93. The normalized spacial score (nSPS) is 31.9. The molecule has 0 radical (unpaired) electrons. The van der Waals surface area contributed by atoms with Gasteiger partial charge in [0, 0.05) is 19.6 Å². The molecule has 0 amide bonds. The highest BCUT2D eigenvalue weighted by molar-refractivity contribution is 5.15. The molecule has 0 saturated carbocycles. The number of rotatable bonds is 3. The molecule has 2 fully saturated rings. The Labute approximate surface area is 147 Å². The molecular formula is C19H24N4O2. The summed E-state index contributed by atoms with van der Waals surface area (Å²) in [6.07, 6.45) is 2.79. The van der Waals surface area contributed by atoms with Crippen LogP contribution in [0.1, 0.15) is 49.2 Å². The lowest BCUT2D eigenvalue weighted by Crippen LogP contribution is -2.43. The number of hydrogen-bond acceptors (Lipinski definition) is 5. The van der Waals surface area contributed by atoms with Crippen LogP contribution < -0.4 is 0 Å². The summed E-state index contributed by atoms with van der Waals surface area (Å²) in [5.41, 5.74) is 1.34. The summed E-state index contributed by atoms with van der Waals surface area (Å²) in [5.74, 6) is 1.96. The summed E-state index contributed by atoms with van der Waals surface area (Å²) in [6.45, 7) is 5.75. The van der Waals surface area contributed by atoms with Crippen molar-refractivity contribution in [1.82, 2.24) is 19.7 Å². The highest BCUT2D eigenvalue weighted by Gasteiger charge is 2.39. The molecule has 4 heterocycles. The van der Waals surface area contributed by atoms with Gasteiger partial charge in [0.1, 0.15) is 12.2 Å². The van der Waals surface area contributed by atoms with Gasteiger partial charge in [-0.15, -0.1) is 10.2 Å². The van der Waals surface area contributed by atoms with Gasteiger partial charge in [0.2, 0.25) is 0 Å². The monoisotopic (exact) mass is 340 g/mol. The average Bonchev–Trinajstić information content (AvgIpc) is 3.21. The molecule has 1 aromatic carbocycles. The van der Waals surface area contributed by atoms with E-state index in [0.29, 0.717) is 6.10 Å². The second kappa shape index (κ2) is 6.20. The fourth-order valence-electron chi connectivity index (χ4n) is 4.38. The Bertz CT molecular complexity index is 747. The quantitative estimate of drug-likeness (QED) is 0.859. The van der Waals surface area contributed by atoms with Crippen molar-refractivity contribution in [3.05, 3.63) is 47.5 Å². The van der Waals surface area contributed by atoms with Gasteiger partial charge in [0.15, 0.2) is 11.6 Å². The fourth-order valence-corrected chi connectivity index (χ4v) is 4.38. The minimum absolute atomic E-state index is 0.0220. The van der Waals surface area contributed by atoms with Gasteiger partial charge in [0.25, 0.3) is 0 Å². The maximum absolute atomic E-state index is 6.25. The zero-order chi connectivity index (χ0) is 16.8. The Balaban J connectivity index is 1.37. The predicted molar refractivity (Wildman–Crippen MR) is 91.9 cm³/mol. The topological polar surface area (TPSA) is 52.4 Å². The minimum atomic E-state index is -0.0220. The van der Waals surface area contributed by atoms with Gasteiger partial charge in [0.05, 0.1) is 18.8 Å². The largest absolute Gasteiger partial charge is 0.365 e. The van der Waals surface area contributed by atoms with Crippen LogP contribution in [-0.4, -0.2) is 45.0 Å². The maximum Gasteiger partial charge on any atom is 0.163 e. The van der Waals surface area contributed by atoms with E-state index in [1.165, 1.54) is 5.56 Å². The summed E-state index contributed by atoms with van der Waals surface area (Å²) in [7, 11) is 0. The number of fused-ring (bicyclic) bond motifs is 4. The fraction of sp³-hybridized carbons (Fsp3) is 0.579. The molecule has 25 heavy (non-hydrogen) atoms. The molecule has 0 spiro atoms. The van der Waals surface area contributed by atoms with Crippen molar-refractivity contribution in [1.29, 1.82) is 0 Å². The lowest BCUT2D eigenvalue weighted by atomic mass is 10.1. The SMILES string of the molecule is C[C@@H]1CN(Cc2ccccc2)C[C@H](c2nnc3n2C[C@H]2CC[C@@H]3O2)O1. The first-order chi connectivity index (χ1) is 12.3. The third kappa shape index (κ3) is 2.88. The van der Waals surface area contributed by atoms with E-state index >= 15 is 0 Å². The van der Waals surface area contributed by atoms with Gasteiger partial charge in [-0.3, -0.25) is 4.90 Å². The molecule has 2 saturated heterocycles. The Morgan fingerprint density at radius 1 is 0.960 bits per heavy atom. The smallest absolute Gasteiger partial charge is 0.163 e. The van der Waals surface area contributed by atoms with Crippen LogP contribution in [0.15, 0.2) is 30.3 Å². The third-order valence-corrected chi connectivity index (χ3v) is 5.46. The first kappa shape index (κ1) is 15.5. The number of aromatic nitrogens is 3. The zero-order valence-electron chi connectivity index (χ0n) is 14.5. The maximum atomic E-state index is 6.25.